The third-order valence-corrected chi connectivity index (χ3v) is 5.06. The fraction of sp³-hybridized carbons (Fsp3) is 0.579. The molecule has 2 fully saturated rings. The Bertz CT molecular complexity index is 580. The van der Waals surface area contributed by atoms with Crippen molar-refractivity contribution in [2.45, 2.75) is 32.9 Å². The number of benzene rings is 1. The van der Waals surface area contributed by atoms with Crippen LogP contribution in [0.4, 0.5) is 0 Å². The summed E-state index contributed by atoms with van der Waals surface area (Å²) in [4.78, 5) is 30.9. The average Bonchev–Trinajstić information content (AvgIpc) is 2.98. The summed E-state index contributed by atoms with van der Waals surface area (Å²) in [5.41, 5.74) is 1.31. The molecule has 3 rings (SSSR count). The zero-order valence-corrected chi connectivity index (χ0v) is 14.6. The van der Waals surface area contributed by atoms with Gasteiger partial charge in [0.2, 0.25) is 11.8 Å². The van der Waals surface area contributed by atoms with Crippen molar-refractivity contribution in [1.29, 1.82) is 0 Å². The summed E-state index contributed by atoms with van der Waals surface area (Å²) >= 11 is 0. The van der Waals surface area contributed by atoms with Crippen molar-refractivity contribution in [2.75, 3.05) is 32.7 Å². The van der Waals surface area contributed by atoms with Crippen molar-refractivity contribution in [2.24, 2.45) is 5.92 Å². The van der Waals surface area contributed by atoms with E-state index in [9.17, 15) is 9.59 Å². The second-order valence-electron chi connectivity index (χ2n) is 7.13. The molecule has 0 spiro atoms. The number of carbonyl (C=O) groups is 2. The third-order valence-electron chi connectivity index (χ3n) is 5.06. The Morgan fingerprint density at radius 1 is 1.12 bits per heavy atom. The number of hydrogen-bond donors (Lipinski definition) is 0. The maximum Gasteiger partial charge on any atom is 0.228 e. The Kier molecular flexibility index (Phi) is 5.19. The van der Waals surface area contributed by atoms with E-state index in [1.807, 2.05) is 29.7 Å². The fourth-order valence-electron chi connectivity index (χ4n) is 3.62. The van der Waals surface area contributed by atoms with Gasteiger partial charge in [-0.25, -0.2) is 0 Å². The Hall–Kier alpha value is -1.88. The third kappa shape index (κ3) is 3.78. The van der Waals surface area contributed by atoms with Crippen LogP contribution in [-0.4, -0.2) is 65.3 Å². The predicted octanol–water partition coefficient (Wildman–Crippen LogP) is 1.59. The van der Waals surface area contributed by atoms with Gasteiger partial charge in [-0.15, -0.1) is 0 Å². The van der Waals surface area contributed by atoms with Gasteiger partial charge in [-0.2, -0.15) is 0 Å². The zero-order valence-electron chi connectivity index (χ0n) is 14.6. The molecule has 1 aromatic rings. The molecule has 0 bridgehead atoms. The topological polar surface area (TPSA) is 43.9 Å². The minimum atomic E-state index is -0.152. The first kappa shape index (κ1) is 17.0. The van der Waals surface area contributed by atoms with Crippen LogP contribution in [0.25, 0.3) is 0 Å². The van der Waals surface area contributed by atoms with Crippen LogP contribution in [0.2, 0.25) is 0 Å². The average molecular weight is 329 g/mol. The van der Waals surface area contributed by atoms with Crippen LogP contribution in [0, 0.1) is 5.92 Å². The SMILES string of the molecule is CC(C)N1C[C@@H](C(=O)N2CCN(Cc3ccccc3)CC2)CC1=O. The molecule has 2 aliphatic rings. The Morgan fingerprint density at radius 2 is 1.79 bits per heavy atom. The van der Waals surface area contributed by atoms with Crippen LogP contribution in [0.15, 0.2) is 30.3 Å². The number of nitrogens with zero attached hydrogens (tertiary/aromatic N) is 3. The highest BCUT2D eigenvalue weighted by atomic mass is 16.2. The molecule has 2 amide bonds. The number of likely N-dealkylation sites (tertiary alicyclic amines) is 1. The first-order valence-electron chi connectivity index (χ1n) is 8.89. The molecule has 0 saturated carbocycles. The standard InChI is InChI=1S/C19H27N3O2/c1-15(2)22-14-17(12-18(22)23)19(24)21-10-8-20(9-11-21)13-16-6-4-3-5-7-16/h3-7,15,17H,8-14H2,1-2H3/t17-/m0/s1. The van der Waals surface area contributed by atoms with Crippen LogP contribution in [0.1, 0.15) is 25.8 Å². The van der Waals surface area contributed by atoms with Crippen molar-refractivity contribution >= 4 is 11.8 Å². The van der Waals surface area contributed by atoms with Crippen molar-refractivity contribution in [3.63, 3.8) is 0 Å². The smallest absolute Gasteiger partial charge is 0.228 e. The lowest BCUT2D eigenvalue weighted by molar-refractivity contribution is -0.137. The summed E-state index contributed by atoms with van der Waals surface area (Å²) in [5.74, 6) is 0.123. The second-order valence-corrected chi connectivity index (χ2v) is 7.13. The van der Waals surface area contributed by atoms with Gasteiger partial charge in [-0.05, 0) is 19.4 Å². The molecule has 1 atom stereocenters. The summed E-state index contributed by atoms with van der Waals surface area (Å²) in [6.45, 7) is 8.85. The van der Waals surface area contributed by atoms with E-state index in [1.165, 1.54) is 5.56 Å². The first-order chi connectivity index (χ1) is 11.5. The maximum absolute atomic E-state index is 12.7. The Labute approximate surface area is 144 Å². The molecule has 5 heteroatoms. The van der Waals surface area contributed by atoms with Gasteiger partial charge in [0.15, 0.2) is 0 Å². The summed E-state index contributed by atoms with van der Waals surface area (Å²) in [5, 5.41) is 0. The molecule has 2 aliphatic heterocycles. The molecule has 0 N–H and O–H groups in total. The highest BCUT2D eigenvalue weighted by Crippen LogP contribution is 2.23. The summed E-state index contributed by atoms with van der Waals surface area (Å²) in [6, 6.07) is 10.6. The van der Waals surface area contributed by atoms with E-state index in [4.69, 9.17) is 0 Å². The molecule has 24 heavy (non-hydrogen) atoms. The molecule has 1 aromatic carbocycles. The largest absolute Gasteiger partial charge is 0.340 e. The minimum absolute atomic E-state index is 0.117. The van der Waals surface area contributed by atoms with Crippen molar-refractivity contribution in [3.8, 4) is 0 Å². The number of amides is 2. The normalized spacial score (nSPS) is 22.5. The molecule has 0 radical (unpaired) electrons. The highest BCUT2D eigenvalue weighted by molar-refractivity contribution is 5.89. The van der Waals surface area contributed by atoms with E-state index >= 15 is 0 Å². The molecule has 0 aliphatic carbocycles. The summed E-state index contributed by atoms with van der Waals surface area (Å²) in [6.07, 6.45) is 0.376. The maximum atomic E-state index is 12.7. The summed E-state index contributed by atoms with van der Waals surface area (Å²) < 4.78 is 0. The lowest BCUT2D eigenvalue weighted by atomic mass is 10.1. The number of hydrogen-bond acceptors (Lipinski definition) is 3. The number of piperazine rings is 1. The molecule has 0 aromatic heterocycles. The summed E-state index contributed by atoms with van der Waals surface area (Å²) in [7, 11) is 0. The highest BCUT2D eigenvalue weighted by Gasteiger charge is 2.38. The Balaban J connectivity index is 1.50. The van der Waals surface area contributed by atoms with E-state index < -0.39 is 0 Å². The van der Waals surface area contributed by atoms with Crippen LogP contribution in [-0.2, 0) is 16.1 Å². The van der Waals surface area contributed by atoms with E-state index in [-0.39, 0.29) is 23.8 Å². The number of rotatable bonds is 4. The second kappa shape index (κ2) is 7.34. The van der Waals surface area contributed by atoms with Crippen LogP contribution >= 0.6 is 0 Å². The lowest BCUT2D eigenvalue weighted by Gasteiger charge is -2.36. The van der Waals surface area contributed by atoms with E-state index in [0.717, 1.165) is 32.7 Å². The van der Waals surface area contributed by atoms with Gasteiger partial charge in [-0.3, -0.25) is 14.5 Å². The van der Waals surface area contributed by atoms with Crippen LogP contribution in [0.3, 0.4) is 0 Å². The van der Waals surface area contributed by atoms with E-state index in [1.54, 1.807) is 0 Å². The first-order valence-corrected chi connectivity index (χ1v) is 8.89. The lowest BCUT2D eigenvalue weighted by Crippen LogP contribution is -2.50. The molecule has 130 valence electrons. The predicted molar refractivity (Wildman–Crippen MR) is 93.3 cm³/mol. The minimum Gasteiger partial charge on any atom is -0.340 e. The molecule has 2 heterocycles. The zero-order chi connectivity index (χ0) is 17.1. The van der Waals surface area contributed by atoms with Crippen LogP contribution in [0.5, 0.6) is 0 Å². The fourth-order valence-corrected chi connectivity index (χ4v) is 3.62. The Morgan fingerprint density at radius 3 is 2.38 bits per heavy atom. The van der Waals surface area contributed by atoms with Crippen LogP contribution < -0.4 is 0 Å². The monoisotopic (exact) mass is 329 g/mol. The number of carbonyl (C=O) groups excluding carboxylic acids is 2. The van der Waals surface area contributed by atoms with Crippen molar-refractivity contribution in [1.82, 2.24) is 14.7 Å². The van der Waals surface area contributed by atoms with E-state index in [0.29, 0.717) is 13.0 Å². The van der Waals surface area contributed by atoms with Gasteiger partial charge < -0.3 is 9.80 Å². The van der Waals surface area contributed by atoms with Gasteiger partial charge >= 0.3 is 0 Å². The molecule has 0 unspecified atom stereocenters. The molecular weight excluding hydrogens is 302 g/mol. The molecule has 2 saturated heterocycles. The van der Waals surface area contributed by atoms with Gasteiger partial charge in [0.25, 0.3) is 0 Å². The van der Waals surface area contributed by atoms with Crippen molar-refractivity contribution < 1.29 is 9.59 Å². The van der Waals surface area contributed by atoms with Gasteiger partial charge in [0, 0.05) is 51.7 Å². The molecular formula is C19H27N3O2. The quantitative estimate of drug-likeness (QED) is 0.842. The van der Waals surface area contributed by atoms with E-state index in [2.05, 4.69) is 29.2 Å². The van der Waals surface area contributed by atoms with Gasteiger partial charge in [0.1, 0.15) is 0 Å². The van der Waals surface area contributed by atoms with Crippen molar-refractivity contribution in [3.05, 3.63) is 35.9 Å². The van der Waals surface area contributed by atoms with Gasteiger partial charge in [-0.1, -0.05) is 30.3 Å². The molecule has 5 nitrogen and oxygen atoms in total. The van der Waals surface area contributed by atoms with Gasteiger partial charge in [0.05, 0.1) is 5.92 Å².